The molecule has 0 amide bonds. The number of nitrogens with zero attached hydrogens (tertiary/aromatic N) is 1. The highest BCUT2D eigenvalue weighted by molar-refractivity contribution is 4.98. The van der Waals surface area contributed by atoms with Crippen LogP contribution in [-0.2, 0) is 4.74 Å². The van der Waals surface area contributed by atoms with Crippen molar-refractivity contribution in [3.8, 4) is 0 Å². The summed E-state index contributed by atoms with van der Waals surface area (Å²) < 4.78 is 4.77. The number of hydrogen-bond donors (Lipinski definition) is 0. The first-order valence-corrected chi connectivity index (χ1v) is 3.79. The van der Waals surface area contributed by atoms with E-state index in [4.69, 9.17) is 4.74 Å². The van der Waals surface area contributed by atoms with Gasteiger partial charge in [-0.1, -0.05) is 6.58 Å². The number of ether oxygens (including phenoxy) is 1. The number of rotatable bonds is 5. The summed E-state index contributed by atoms with van der Waals surface area (Å²) in [4.78, 5) is 2.11. The molecule has 2 heteroatoms. The standard InChI is InChI=1S/C9H17NO/c1-5-10(3)9(2)7-6-8-11-4/h6,8H,2,5,7H2,1,3-4H3/b8-6+. The fraction of sp³-hybridized carbons (Fsp3) is 0.556. The molecule has 0 rings (SSSR count). The topological polar surface area (TPSA) is 12.5 Å². The average Bonchev–Trinajstić information content (AvgIpc) is 2.03. The zero-order valence-electron chi connectivity index (χ0n) is 7.63. The van der Waals surface area contributed by atoms with Crippen LogP contribution in [0.5, 0.6) is 0 Å². The van der Waals surface area contributed by atoms with E-state index in [2.05, 4.69) is 18.4 Å². The summed E-state index contributed by atoms with van der Waals surface area (Å²) in [6.07, 6.45) is 4.49. The summed E-state index contributed by atoms with van der Waals surface area (Å²) in [5.41, 5.74) is 1.11. The fourth-order valence-electron chi connectivity index (χ4n) is 0.660. The third-order valence-electron chi connectivity index (χ3n) is 1.60. The molecule has 0 fully saturated rings. The smallest absolute Gasteiger partial charge is 0.0788 e. The van der Waals surface area contributed by atoms with Crippen molar-refractivity contribution in [1.82, 2.24) is 4.90 Å². The van der Waals surface area contributed by atoms with E-state index in [1.807, 2.05) is 13.1 Å². The largest absolute Gasteiger partial charge is 0.505 e. The Hall–Kier alpha value is -0.920. The molecular weight excluding hydrogens is 138 g/mol. The molecular formula is C9H17NO. The number of methoxy groups -OCH3 is 1. The first kappa shape index (κ1) is 10.1. The molecule has 0 N–H and O–H groups in total. The second kappa shape index (κ2) is 5.83. The molecule has 0 aliphatic rings. The Bertz CT molecular complexity index is 140. The first-order valence-electron chi connectivity index (χ1n) is 3.79. The molecule has 0 saturated carbocycles. The lowest BCUT2D eigenvalue weighted by atomic mass is 10.3. The highest BCUT2D eigenvalue weighted by atomic mass is 16.5. The lowest BCUT2D eigenvalue weighted by molar-refractivity contribution is 0.336. The van der Waals surface area contributed by atoms with E-state index in [9.17, 15) is 0 Å². The molecule has 0 aliphatic carbocycles. The van der Waals surface area contributed by atoms with Crippen molar-refractivity contribution in [3.63, 3.8) is 0 Å². The molecule has 0 aromatic rings. The lowest BCUT2D eigenvalue weighted by Crippen LogP contribution is -2.15. The molecule has 11 heavy (non-hydrogen) atoms. The molecule has 2 nitrogen and oxygen atoms in total. The highest BCUT2D eigenvalue weighted by Gasteiger charge is 1.94. The minimum Gasteiger partial charge on any atom is -0.505 e. The molecule has 0 unspecified atom stereocenters. The van der Waals surface area contributed by atoms with Gasteiger partial charge in [-0.05, 0) is 13.0 Å². The van der Waals surface area contributed by atoms with Gasteiger partial charge in [0.05, 0.1) is 13.4 Å². The van der Waals surface area contributed by atoms with Crippen LogP contribution in [0, 0.1) is 0 Å². The van der Waals surface area contributed by atoms with Gasteiger partial charge in [-0.25, -0.2) is 0 Å². The maximum Gasteiger partial charge on any atom is 0.0788 e. The van der Waals surface area contributed by atoms with E-state index in [-0.39, 0.29) is 0 Å². The van der Waals surface area contributed by atoms with Crippen LogP contribution in [0.4, 0.5) is 0 Å². The van der Waals surface area contributed by atoms with Crippen molar-refractivity contribution >= 4 is 0 Å². The SMILES string of the molecule is C=C(C/C=C/OC)N(C)CC. The second-order valence-electron chi connectivity index (χ2n) is 2.39. The number of hydrogen-bond acceptors (Lipinski definition) is 2. The van der Waals surface area contributed by atoms with Crippen LogP contribution in [0.25, 0.3) is 0 Å². The van der Waals surface area contributed by atoms with Crippen molar-refractivity contribution in [2.24, 2.45) is 0 Å². The molecule has 0 atom stereocenters. The van der Waals surface area contributed by atoms with Gasteiger partial charge in [0.1, 0.15) is 0 Å². The Morgan fingerprint density at radius 1 is 1.64 bits per heavy atom. The van der Waals surface area contributed by atoms with Gasteiger partial charge in [0.2, 0.25) is 0 Å². The third kappa shape index (κ3) is 4.48. The van der Waals surface area contributed by atoms with E-state index in [1.54, 1.807) is 13.4 Å². The van der Waals surface area contributed by atoms with Gasteiger partial charge in [0.15, 0.2) is 0 Å². The van der Waals surface area contributed by atoms with E-state index < -0.39 is 0 Å². The molecule has 0 aromatic heterocycles. The molecule has 0 spiro atoms. The van der Waals surface area contributed by atoms with Gasteiger partial charge in [0, 0.05) is 25.7 Å². The zero-order valence-corrected chi connectivity index (χ0v) is 7.63. The van der Waals surface area contributed by atoms with E-state index in [0.29, 0.717) is 0 Å². The predicted octanol–water partition coefficient (Wildman–Crippen LogP) is 2.00. The zero-order chi connectivity index (χ0) is 8.69. The van der Waals surface area contributed by atoms with Gasteiger partial charge in [-0.2, -0.15) is 0 Å². The number of allylic oxidation sites excluding steroid dienone is 1. The van der Waals surface area contributed by atoms with E-state index in [1.165, 1.54) is 0 Å². The molecule has 0 radical (unpaired) electrons. The van der Waals surface area contributed by atoms with Crippen molar-refractivity contribution in [2.75, 3.05) is 20.7 Å². The Labute approximate surface area is 69.2 Å². The van der Waals surface area contributed by atoms with Crippen molar-refractivity contribution in [3.05, 3.63) is 24.6 Å². The maximum absolute atomic E-state index is 4.77. The van der Waals surface area contributed by atoms with Gasteiger partial charge >= 0.3 is 0 Å². The predicted molar refractivity (Wildman–Crippen MR) is 48.2 cm³/mol. The van der Waals surface area contributed by atoms with Crippen LogP contribution in [0.2, 0.25) is 0 Å². The van der Waals surface area contributed by atoms with Crippen LogP contribution in [0.1, 0.15) is 13.3 Å². The van der Waals surface area contributed by atoms with Gasteiger partial charge in [-0.15, -0.1) is 0 Å². The van der Waals surface area contributed by atoms with Crippen LogP contribution < -0.4 is 0 Å². The average molecular weight is 155 g/mol. The van der Waals surface area contributed by atoms with Crippen LogP contribution in [0.3, 0.4) is 0 Å². The highest BCUT2D eigenvalue weighted by Crippen LogP contribution is 2.03. The molecule has 0 saturated heterocycles. The van der Waals surface area contributed by atoms with Gasteiger partial charge in [-0.3, -0.25) is 0 Å². The maximum atomic E-state index is 4.77. The quantitative estimate of drug-likeness (QED) is 0.563. The molecule has 0 aromatic carbocycles. The fourth-order valence-corrected chi connectivity index (χ4v) is 0.660. The Morgan fingerprint density at radius 2 is 2.27 bits per heavy atom. The first-order chi connectivity index (χ1) is 5.22. The molecule has 0 heterocycles. The summed E-state index contributed by atoms with van der Waals surface area (Å²) in [6, 6.07) is 0. The van der Waals surface area contributed by atoms with Crippen molar-refractivity contribution in [1.29, 1.82) is 0 Å². The van der Waals surface area contributed by atoms with Crippen LogP contribution in [0.15, 0.2) is 24.6 Å². The molecule has 64 valence electrons. The summed E-state index contributed by atoms with van der Waals surface area (Å²) >= 11 is 0. The van der Waals surface area contributed by atoms with Gasteiger partial charge in [0.25, 0.3) is 0 Å². The van der Waals surface area contributed by atoms with Crippen molar-refractivity contribution < 1.29 is 4.74 Å². The van der Waals surface area contributed by atoms with Crippen molar-refractivity contribution in [2.45, 2.75) is 13.3 Å². The Kier molecular flexibility index (Phi) is 5.35. The summed E-state index contributed by atoms with van der Waals surface area (Å²) in [7, 11) is 3.67. The minimum absolute atomic E-state index is 0.859. The third-order valence-corrected chi connectivity index (χ3v) is 1.60. The van der Waals surface area contributed by atoms with Crippen LogP contribution >= 0.6 is 0 Å². The summed E-state index contributed by atoms with van der Waals surface area (Å²) in [6.45, 7) is 7.02. The Morgan fingerprint density at radius 3 is 2.73 bits per heavy atom. The van der Waals surface area contributed by atoms with E-state index >= 15 is 0 Å². The molecule has 0 aliphatic heterocycles. The minimum atomic E-state index is 0.859. The summed E-state index contributed by atoms with van der Waals surface area (Å²) in [5.74, 6) is 0. The normalized spacial score (nSPS) is 10.1. The second-order valence-corrected chi connectivity index (χ2v) is 2.39. The molecule has 0 bridgehead atoms. The lowest BCUT2D eigenvalue weighted by Gasteiger charge is -2.17. The van der Waals surface area contributed by atoms with Crippen LogP contribution in [-0.4, -0.2) is 25.6 Å². The monoisotopic (exact) mass is 155 g/mol. The van der Waals surface area contributed by atoms with E-state index in [0.717, 1.165) is 18.7 Å². The Balaban J connectivity index is 3.60. The van der Waals surface area contributed by atoms with Gasteiger partial charge < -0.3 is 9.64 Å². The summed E-state index contributed by atoms with van der Waals surface area (Å²) in [5, 5.41) is 0.